The summed E-state index contributed by atoms with van der Waals surface area (Å²) in [6.45, 7) is 3.44. The molecule has 1 aromatic rings. The first-order valence-corrected chi connectivity index (χ1v) is 4.93. The second-order valence-electron chi connectivity index (χ2n) is 3.74. The number of amides is 1. The maximum Gasteiger partial charge on any atom is 0.308 e. The Morgan fingerprint density at radius 3 is 2.69 bits per heavy atom. The van der Waals surface area contributed by atoms with Crippen LogP contribution in [0.4, 0.5) is 0 Å². The molecule has 0 radical (unpaired) electrons. The highest BCUT2D eigenvalue weighted by Crippen LogP contribution is 2.02. The molecule has 1 heterocycles. The molecule has 0 fully saturated rings. The molecule has 6 heteroatoms. The van der Waals surface area contributed by atoms with Crippen LogP contribution in [0, 0.1) is 12.8 Å². The van der Waals surface area contributed by atoms with E-state index in [1.54, 1.807) is 20.0 Å². The lowest BCUT2D eigenvalue weighted by Crippen LogP contribution is -2.32. The number of carbonyl (C=O) groups is 2. The van der Waals surface area contributed by atoms with E-state index in [-0.39, 0.29) is 12.5 Å². The minimum atomic E-state index is -0.929. The quantitative estimate of drug-likeness (QED) is 0.765. The van der Waals surface area contributed by atoms with Crippen molar-refractivity contribution in [1.82, 2.24) is 15.1 Å². The fourth-order valence-electron chi connectivity index (χ4n) is 1.25. The molecule has 1 rings (SSSR count). The van der Waals surface area contributed by atoms with Crippen molar-refractivity contribution in [1.29, 1.82) is 0 Å². The van der Waals surface area contributed by atoms with Gasteiger partial charge in [0.2, 0.25) is 0 Å². The summed E-state index contributed by atoms with van der Waals surface area (Å²) in [6, 6.07) is 1.65. The Morgan fingerprint density at radius 1 is 1.62 bits per heavy atom. The van der Waals surface area contributed by atoms with E-state index in [0.717, 1.165) is 5.69 Å². The van der Waals surface area contributed by atoms with E-state index in [1.165, 1.54) is 11.6 Å². The molecule has 0 spiro atoms. The maximum absolute atomic E-state index is 11.6. The molecule has 88 valence electrons. The summed E-state index contributed by atoms with van der Waals surface area (Å²) >= 11 is 0. The third-order valence-electron chi connectivity index (χ3n) is 2.22. The fourth-order valence-corrected chi connectivity index (χ4v) is 1.25. The predicted molar refractivity (Wildman–Crippen MR) is 57.1 cm³/mol. The Labute approximate surface area is 93.3 Å². The smallest absolute Gasteiger partial charge is 0.308 e. The average molecular weight is 225 g/mol. The van der Waals surface area contributed by atoms with Gasteiger partial charge in [-0.15, -0.1) is 0 Å². The summed E-state index contributed by atoms with van der Waals surface area (Å²) in [5.41, 5.74) is 1.18. The largest absolute Gasteiger partial charge is 0.481 e. The van der Waals surface area contributed by atoms with Crippen molar-refractivity contribution in [3.8, 4) is 0 Å². The van der Waals surface area contributed by atoms with Crippen LogP contribution in [0.25, 0.3) is 0 Å². The van der Waals surface area contributed by atoms with E-state index in [4.69, 9.17) is 5.11 Å². The molecule has 1 aromatic heterocycles. The standard InChI is InChI=1S/C10H15N3O3/c1-6(10(15)16)5-11-9(14)8-4-7(2)12-13(8)3/h4,6H,5H2,1-3H3,(H,11,14)(H,15,16). The topological polar surface area (TPSA) is 84.2 Å². The Hall–Kier alpha value is -1.85. The van der Waals surface area contributed by atoms with E-state index in [1.807, 2.05) is 0 Å². The number of nitrogens with zero attached hydrogens (tertiary/aromatic N) is 2. The van der Waals surface area contributed by atoms with Gasteiger partial charge in [0.15, 0.2) is 0 Å². The third-order valence-corrected chi connectivity index (χ3v) is 2.22. The minimum Gasteiger partial charge on any atom is -0.481 e. The van der Waals surface area contributed by atoms with Gasteiger partial charge in [-0.1, -0.05) is 6.92 Å². The van der Waals surface area contributed by atoms with Gasteiger partial charge in [0.25, 0.3) is 5.91 Å². The molecule has 0 aliphatic heterocycles. The monoisotopic (exact) mass is 225 g/mol. The van der Waals surface area contributed by atoms with E-state index in [9.17, 15) is 9.59 Å². The number of carboxylic acid groups (broad SMARTS) is 1. The number of carboxylic acids is 1. The Balaban J connectivity index is 2.60. The summed E-state index contributed by atoms with van der Waals surface area (Å²) < 4.78 is 1.47. The van der Waals surface area contributed by atoms with Gasteiger partial charge in [-0.05, 0) is 13.0 Å². The van der Waals surface area contributed by atoms with Gasteiger partial charge in [0.05, 0.1) is 11.6 Å². The molecule has 0 aromatic carbocycles. The van der Waals surface area contributed by atoms with Crippen LogP contribution in [0.1, 0.15) is 23.1 Å². The first kappa shape index (κ1) is 12.2. The van der Waals surface area contributed by atoms with Crippen LogP contribution in [0.15, 0.2) is 6.07 Å². The van der Waals surface area contributed by atoms with Crippen molar-refractivity contribution in [2.24, 2.45) is 13.0 Å². The van der Waals surface area contributed by atoms with Crippen molar-refractivity contribution in [2.45, 2.75) is 13.8 Å². The summed E-state index contributed by atoms with van der Waals surface area (Å²) in [5, 5.41) is 15.2. The lowest BCUT2D eigenvalue weighted by Gasteiger charge is -2.08. The first-order valence-electron chi connectivity index (χ1n) is 4.93. The van der Waals surface area contributed by atoms with Gasteiger partial charge in [0.1, 0.15) is 5.69 Å². The highest BCUT2D eigenvalue weighted by atomic mass is 16.4. The van der Waals surface area contributed by atoms with Crippen molar-refractivity contribution < 1.29 is 14.7 Å². The second kappa shape index (κ2) is 4.78. The molecule has 1 amide bonds. The fraction of sp³-hybridized carbons (Fsp3) is 0.500. The predicted octanol–water partition coefficient (Wildman–Crippen LogP) is 0.179. The van der Waals surface area contributed by atoms with Crippen molar-refractivity contribution >= 4 is 11.9 Å². The van der Waals surface area contributed by atoms with Gasteiger partial charge in [0, 0.05) is 13.6 Å². The average Bonchev–Trinajstić information content (AvgIpc) is 2.53. The summed E-state index contributed by atoms with van der Waals surface area (Å²) in [5.74, 6) is -1.84. The van der Waals surface area contributed by atoms with Gasteiger partial charge >= 0.3 is 5.97 Å². The van der Waals surface area contributed by atoms with Gasteiger partial charge in [-0.3, -0.25) is 14.3 Å². The SMILES string of the molecule is Cc1cc(C(=O)NCC(C)C(=O)O)n(C)n1. The number of rotatable bonds is 4. The van der Waals surface area contributed by atoms with E-state index >= 15 is 0 Å². The molecule has 0 saturated carbocycles. The molecule has 0 saturated heterocycles. The van der Waals surface area contributed by atoms with Gasteiger partial charge in [-0.2, -0.15) is 5.10 Å². The number of nitrogens with one attached hydrogen (secondary N) is 1. The van der Waals surface area contributed by atoms with Gasteiger partial charge < -0.3 is 10.4 Å². The molecule has 1 unspecified atom stereocenters. The van der Waals surface area contributed by atoms with E-state index in [2.05, 4.69) is 10.4 Å². The van der Waals surface area contributed by atoms with Crippen LogP contribution in [-0.4, -0.2) is 33.3 Å². The highest BCUT2D eigenvalue weighted by molar-refractivity contribution is 5.92. The van der Waals surface area contributed by atoms with Crippen LogP contribution in [-0.2, 0) is 11.8 Å². The number of aromatic nitrogens is 2. The van der Waals surface area contributed by atoms with Crippen LogP contribution in [0.3, 0.4) is 0 Å². The molecule has 6 nitrogen and oxygen atoms in total. The third kappa shape index (κ3) is 2.82. The zero-order chi connectivity index (χ0) is 12.3. The van der Waals surface area contributed by atoms with E-state index in [0.29, 0.717) is 5.69 Å². The Bertz CT molecular complexity index is 411. The normalized spacial score (nSPS) is 12.2. The molecule has 0 aliphatic rings. The van der Waals surface area contributed by atoms with Crippen LogP contribution in [0.2, 0.25) is 0 Å². The first-order chi connectivity index (χ1) is 7.41. The molecule has 0 aliphatic carbocycles. The summed E-state index contributed by atoms with van der Waals surface area (Å²) in [6.07, 6.45) is 0. The minimum absolute atomic E-state index is 0.110. The molecule has 1 atom stereocenters. The van der Waals surface area contributed by atoms with Crippen LogP contribution >= 0.6 is 0 Å². The summed E-state index contributed by atoms with van der Waals surface area (Å²) in [4.78, 5) is 22.2. The number of hydrogen-bond acceptors (Lipinski definition) is 3. The van der Waals surface area contributed by atoms with Crippen molar-refractivity contribution in [3.63, 3.8) is 0 Å². The Morgan fingerprint density at radius 2 is 2.25 bits per heavy atom. The van der Waals surface area contributed by atoms with Crippen LogP contribution < -0.4 is 5.32 Å². The molecule has 2 N–H and O–H groups in total. The molecular weight excluding hydrogens is 210 g/mol. The number of aryl methyl sites for hydroxylation is 2. The molecule has 16 heavy (non-hydrogen) atoms. The Kier molecular flexibility index (Phi) is 3.65. The van der Waals surface area contributed by atoms with E-state index < -0.39 is 11.9 Å². The zero-order valence-electron chi connectivity index (χ0n) is 9.52. The molecular formula is C10H15N3O3. The maximum atomic E-state index is 11.6. The van der Waals surface area contributed by atoms with Gasteiger partial charge in [-0.25, -0.2) is 0 Å². The number of hydrogen-bond donors (Lipinski definition) is 2. The zero-order valence-corrected chi connectivity index (χ0v) is 9.52. The summed E-state index contributed by atoms with van der Waals surface area (Å²) in [7, 11) is 1.67. The van der Waals surface area contributed by atoms with Crippen molar-refractivity contribution in [3.05, 3.63) is 17.5 Å². The van der Waals surface area contributed by atoms with Crippen molar-refractivity contribution in [2.75, 3.05) is 6.54 Å². The number of carbonyl (C=O) groups excluding carboxylic acids is 1. The molecule has 0 bridgehead atoms. The number of aliphatic carboxylic acids is 1. The second-order valence-corrected chi connectivity index (χ2v) is 3.74. The van der Waals surface area contributed by atoms with Crippen LogP contribution in [0.5, 0.6) is 0 Å². The lowest BCUT2D eigenvalue weighted by atomic mass is 10.2. The highest BCUT2D eigenvalue weighted by Gasteiger charge is 2.15. The lowest BCUT2D eigenvalue weighted by molar-refractivity contribution is -0.140.